The van der Waals surface area contributed by atoms with Gasteiger partial charge in [0.15, 0.2) is 5.69 Å². The first-order valence-corrected chi connectivity index (χ1v) is 10.8. The van der Waals surface area contributed by atoms with E-state index in [2.05, 4.69) is 10.4 Å². The summed E-state index contributed by atoms with van der Waals surface area (Å²) in [4.78, 5) is 49.6. The molecule has 2 N–H and O–H groups in total. The fourth-order valence-electron chi connectivity index (χ4n) is 4.22. The first kappa shape index (κ1) is 25.3. The fraction of sp³-hybridized carbons (Fsp3) is 0.667. The Morgan fingerprint density at radius 1 is 1.25 bits per heavy atom. The number of aryl methyl sites for hydroxylation is 1. The molecule has 0 saturated heterocycles. The Bertz CT molecular complexity index is 824. The smallest absolute Gasteiger partial charge is 0.290 e. The van der Waals surface area contributed by atoms with Gasteiger partial charge >= 0.3 is 0 Å². The Morgan fingerprint density at radius 2 is 1.94 bits per heavy atom. The number of rotatable bonds is 2. The molecule has 3 rings (SSSR count). The summed E-state index contributed by atoms with van der Waals surface area (Å²) >= 11 is 0. The normalized spacial score (nSPS) is 19.8. The van der Waals surface area contributed by atoms with Crippen LogP contribution in [0.15, 0.2) is 0 Å². The Morgan fingerprint density at radius 3 is 2.62 bits per heavy atom. The number of aromatic nitrogens is 2. The maximum atomic E-state index is 12.7. The predicted molar refractivity (Wildman–Crippen MR) is 115 cm³/mol. The summed E-state index contributed by atoms with van der Waals surface area (Å²) in [7, 11) is 5.19. The second kappa shape index (κ2) is 12.2. The number of hydrogen-bond donors (Lipinski definition) is 2. The highest BCUT2D eigenvalue weighted by Crippen LogP contribution is 2.27. The quantitative estimate of drug-likeness (QED) is 0.596. The Balaban J connectivity index is 0.00000114. The van der Waals surface area contributed by atoms with Gasteiger partial charge in [-0.25, -0.2) is 0 Å². The monoisotopic (exact) mass is 451 g/mol. The van der Waals surface area contributed by atoms with Crippen LogP contribution in [0.2, 0.25) is 0 Å². The Kier molecular flexibility index (Phi) is 9.63. The minimum atomic E-state index is -0.250. The van der Waals surface area contributed by atoms with Gasteiger partial charge in [0, 0.05) is 64.6 Å². The predicted octanol–water partition coefficient (Wildman–Crippen LogP) is -0.175. The largest absolute Gasteiger partial charge is 0.483 e. The number of ether oxygens (including phenoxy) is 1. The first-order chi connectivity index (χ1) is 15.3. The van der Waals surface area contributed by atoms with Crippen molar-refractivity contribution in [3.63, 3.8) is 0 Å². The molecule has 0 aromatic carbocycles. The maximum absolute atomic E-state index is 12.7. The lowest BCUT2D eigenvalue weighted by atomic mass is 9.90. The van der Waals surface area contributed by atoms with Crippen molar-refractivity contribution < 1.29 is 29.0 Å². The lowest BCUT2D eigenvalue weighted by Gasteiger charge is -2.32. The lowest BCUT2D eigenvalue weighted by molar-refractivity contribution is -0.136. The standard InChI is InChI=1S/C20H31N5O4.CH2O2/c1-23-14-7-8-16-15(12-14)19(22-24(16)2)20(28)21-9-5-11-25(18(27)13-29-3)10-4-6-17(23)26;2-1-3/h14H,4-13H2,1-3H3,(H,21,28);1H,(H,2,3). The molecule has 0 spiro atoms. The van der Waals surface area contributed by atoms with E-state index in [0.717, 1.165) is 24.1 Å². The molecule has 11 heteroatoms. The van der Waals surface area contributed by atoms with Crippen molar-refractivity contribution in [2.24, 2.45) is 7.05 Å². The molecule has 0 fully saturated rings. The molecule has 0 saturated carbocycles. The highest BCUT2D eigenvalue weighted by molar-refractivity contribution is 5.94. The van der Waals surface area contributed by atoms with Crippen LogP contribution in [-0.2, 0) is 39.0 Å². The van der Waals surface area contributed by atoms with Crippen molar-refractivity contribution in [3.8, 4) is 0 Å². The molecule has 1 aromatic rings. The van der Waals surface area contributed by atoms with Gasteiger partial charge in [-0.1, -0.05) is 0 Å². The topological polar surface area (TPSA) is 134 Å². The molecule has 1 aliphatic heterocycles. The number of nitrogens with one attached hydrogen (secondary N) is 1. The molecule has 1 aromatic heterocycles. The van der Waals surface area contributed by atoms with E-state index in [1.807, 2.05) is 14.1 Å². The van der Waals surface area contributed by atoms with Crippen LogP contribution in [0.4, 0.5) is 0 Å². The highest BCUT2D eigenvalue weighted by atomic mass is 16.5. The number of carboxylic acid groups (broad SMARTS) is 1. The molecule has 178 valence electrons. The minimum Gasteiger partial charge on any atom is -0.483 e. The van der Waals surface area contributed by atoms with Crippen LogP contribution in [0.25, 0.3) is 0 Å². The maximum Gasteiger partial charge on any atom is 0.290 e. The van der Waals surface area contributed by atoms with E-state index in [4.69, 9.17) is 14.6 Å². The van der Waals surface area contributed by atoms with E-state index < -0.39 is 0 Å². The van der Waals surface area contributed by atoms with Crippen LogP contribution < -0.4 is 5.32 Å². The highest BCUT2D eigenvalue weighted by Gasteiger charge is 2.31. The summed E-state index contributed by atoms with van der Waals surface area (Å²) in [6.45, 7) is 1.24. The third-order valence-electron chi connectivity index (χ3n) is 5.91. The van der Waals surface area contributed by atoms with Crippen LogP contribution in [0.3, 0.4) is 0 Å². The molecule has 32 heavy (non-hydrogen) atoms. The summed E-state index contributed by atoms with van der Waals surface area (Å²) in [5.41, 5.74) is 2.48. The average molecular weight is 452 g/mol. The number of amides is 3. The third kappa shape index (κ3) is 6.28. The number of fused-ring (bicyclic) bond motifs is 1. The van der Waals surface area contributed by atoms with Gasteiger partial charge in [-0.2, -0.15) is 5.10 Å². The average Bonchev–Trinajstić information content (AvgIpc) is 3.10. The molecule has 3 amide bonds. The molecule has 2 heterocycles. The summed E-state index contributed by atoms with van der Waals surface area (Å²) in [6, 6.07) is 0.0575. The summed E-state index contributed by atoms with van der Waals surface area (Å²) in [6.07, 6.45) is 3.94. The molecular weight excluding hydrogens is 418 g/mol. The number of hydrogen-bond acceptors (Lipinski definition) is 6. The zero-order valence-corrected chi connectivity index (χ0v) is 19.0. The molecule has 1 aliphatic carbocycles. The number of nitrogens with zero attached hydrogens (tertiary/aromatic N) is 4. The van der Waals surface area contributed by atoms with Crippen molar-refractivity contribution in [2.75, 3.05) is 40.4 Å². The number of carbonyl (C=O) groups is 4. The van der Waals surface area contributed by atoms with E-state index in [1.165, 1.54) is 7.11 Å². The summed E-state index contributed by atoms with van der Waals surface area (Å²) < 4.78 is 6.76. The van der Waals surface area contributed by atoms with Gasteiger partial charge in [0.2, 0.25) is 11.8 Å². The van der Waals surface area contributed by atoms with Gasteiger partial charge in [0.05, 0.1) is 0 Å². The van der Waals surface area contributed by atoms with Crippen LogP contribution in [-0.4, -0.2) is 95.3 Å². The van der Waals surface area contributed by atoms with E-state index in [1.54, 1.807) is 14.5 Å². The van der Waals surface area contributed by atoms with Crippen LogP contribution in [0.1, 0.15) is 47.4 Å². The summed E-state index contributed by atoms with van der Waals surface area (Å²) in [5.74, 6) is -0.222. The van der Waals surface area contributed by atoms with Crippen LogP contribution in [0, 0.1) is 0 Å². The van der Waals surface area contributed by atoms with Crippen LogP contribution in [0.5, 0.6) is 0 Å². The molecular formula is C21H33N5O6. The van der Waals surface area contributed by atoms with E-state index >= 15 is 0 Å². The minimum absolute atomic E-state index is 0.0162. The first-order valence-electron chi connectivity index (χ1n) is 10.8. The Labute approximate surface area is 187 Å². The molecule has 2 bridgehead atoms. The van der Waals surface area contributed by atoms with Crippen molar-refractivity contribution in [1.29, 1.82) is 0 Å². The third-order valence-corrected chi connectivity index (χ3v) is 5.91. The van der Waals surface area contributed by atoms with Crippen molar-refractivity contribution in [2.45, 2.75) is 44.6 Å². The number of likely N-dealkylation sites (N-methyl/N-ethyl adjacent to an activating group) is 1. The fourth-order valence-corrected chi connectivity index (χ4v) is 4.22. The van der Waals surface area contributed by atoms with E-state index in [-0.39, 0.29) is 36.8 Å². The molecule has 1 unspecified atom stereocenters. The SMILES string of the molecule is COCC(=O)N1CCCNC(=O)c2nn(C)c3c2CC(CC3)N(C)C(=O)CCC1.O=CO. The van der Waals surface area contributed by atoms with Gasteiger partial charge in [0.1, 0.15) is 6.61 Å². The Hall–Kier alpha value is -2.95. The lowest BCUT2D eigenvalue weighted by Crippen LogP contribution is -2.41. The zero-order valence-electron chi connectivity index (χ0n) is 19.0. The molecule has 11 nitrogen and oxygen atoms in total. The van der Waals surface area contributed by atoms with Crippen LogP contribution >= 0.6 is 0 Å². The van der Waals surface area contributed by atoms with Gasteiger partial charge in [0.25, 0.3) is 12.4 Å². The van der Waals surface area contributed by atoms with E-state index in [0.29, 0.717) is 51.0 Å². The van der Waals surface area contributed by atoms with Gasteiger partial charge in [-0.15, -0.1) is 0 Å². The van der Waals surface area contributed by atoms with Gasteiger partial charge in [-0.3, -0.25) is 23.9 Å². The molecule has 0 radical (unpaired) electrons. The summed E-state index contributed by atoms with van der Waals surface area (Å²) in [5, 5.41) is 14.3. The van der Waals surface area contributed by atoms with Crippen molar-refractivity contribution in [3.05, 3.63) is 17.0 Å². The molecule has 2 aliphatic rings. The second-order valence-electron chi connectivity index (χ2n) is 7.93. The van der Waals surface area contributed by atoms with Crippen molar-refractivity contribution in [1.82, 2.24) is 24.9 Å². The second-order valence-corrected chi connectivity index (χ2v) is 7.93. The number of carbonyl (C=O) groups excluding carboxylic acids is 3. The number of methoxy groups -OCH3 is 1. The van der Waals surface area contributed by atoms with E-state index in [9.17, 15) is 14.4 Å². The van der Waals surface area contributed by atoms with Gasteiger partial charge < -0.3 is 25.0 Å². The van der Waals surface area contributed by atoms with Crippen molar-refractivity contribution >= 4 is 24.2 Å². The zero-order chi connectivity index (χ0) is 23.7. The van der Waals surface area contributed by atoms with Gasteiger partial charge in [-0.05, 0) is 32.1 Å². The molecule has 1 atom stereocenters.